The van der Waals surface area contributed by atoms with Crippen LogP contribution in [0.4, 0.5) is 0 Å². The molecule has 0 atom stereocenters. The van der Waals surface area contributed by atoms with Gasteiger partial charge in [-0.25, -0.2) is 4.79 Å². The molecule has 0 radical (unpaired) electrons. The van der Waals surface area contributed by atoms with E-state index in [1.165, 1.54) is 6.07 Å². The highest BCUT2D eigenvalue weighted by atomic mass is 16.7. The van der Waals surface area contributed by atoms with Crippen LogP contribution in [0.3, 0.4) is 0 Å². The first-order valence-corrected chi connectivity index (χ1v) is 7.21. The number of aromatic hydroxyl groups is 1. The van der Waals surface area contributed by atoms with Crippen LogP contribution in [0.15, 0.2) is 59.3 Å². The van der Waals surface area contributed by atoms with Crippen molar-refractivity contribution in [1.29, 1.82) is 0 Å². The van der Waals surface area contributed by atoms with Gasteiger partial charge >= 0.3 is 5.97 Å². The number of hydrogen-bond donors (Lipinski definition) is 1. The largest absolute Gasteiger partial charge is 0.504 e. The molecular formula is C18H15NO4. The van der Waals surface area contributed by atoms with E-state index in [0.717, 1.165) is 5.56 Å². The minimum Gasteiger partial charge on any atom is -0.504 e. The quantitative estimate of drug-likeness (QED) is 0.696. The molecule has 1 aliphatic rings. The smallest absolute Gasteiger partial charge is 0.368 e. The van der Waals surface area contributed by atoms with Gasteiger partial charge in [-0.1, -0.05) is 41.6 Å². The Morgan fingerprint density at radius 3 is 2.74 bits per heavy atom. The van der Waals surface area contributed by atoms with Crippen molar-refractivity contribution in [3.05, 3.63) is 65.2 Å². The first-order valence-electron chi connectivity index (χ1n) is 7.21. The zero-order valence-electron chi connectivity index (χ0n) is 12.5. The summed E-state index contributed by atoms with van der Waals surface area (Å²) in [5.74, 6) is -0.0822. The number of carbonyl (C=O) groups is 1. The summed E-state index contributed by atoms with van der Waals surface area (Å²) in [6.07, 6.45) is 1.67. The maximum atomic E-state index is 12.0. The third-order valence-corrected chi connectivity index (χ3v) is 3.34. The van der Waals surface area contributed by atoms with E-state index in [1.807, 2.05) is 37.3 Å². The van der Waals surface area contributed by atoms with Gasteiger partial charge in [0.2, 0.25) is 0 Å². The monoisotopic (exact) mass is 309 g/mol. The molecule has 0 unspecified atom stereocenters. The molecule has 2 aromatic carbocycles. The number of hydrogen-bond acceptors (Lipinski definition) is 5. The molecule has 1 N–H and O–H groups in total. The molecule has 0 amide bonds. The van der Waals surface area contributed by atoms with E-state index in [4.69, 9.17) is 9.57 Å². The predicted octanol–water partition coefficient (Wildman–Crippen LogP) is 3.14. The molecule has 0 saturated heterocycles. The van der Waals surface area contributed by atoms with Gasteiger partial charge in [-0.05, 0) is 30.7 Å². The van der Waals surface area contributed by atoms with Crippen LogP contribution in [0.1, 0.15) is 18.1 Å². The lowest BCUT2D eigenvalue weighted by atomic mass is 10.0. The second kappa shape index (κ2) is 6.36. The van der Waals surface area contributed by atoms with Crippen molar-refractivity contribution >= 4 is 17.8 Å². The summed E-state index contributed by atoms with van der Waals surface area (Å²) in [6, 6.07) is 14.2. The lowest BCUT2D eigenvalue weighted by Gasteiger charge is -2.07. The molecule has 0 aromatic heterocycles. The molecule has 116 valence electrons. The van der Waals surface area contributed by atoms with E-state index >= 15 is 0 Å². The fraction of sp³-hybridized carbons (Fsp3) is 0.111. The molecule has 1 heterocycles. The van der Waals surface area contributed by atoms with Gasteiger partial charge in [0.25, 0.3) is 0 Å². The average molecular weight is 309 g/mol. The lowest BCUT2D eigenvalue weighted by molar-refractivity contribution is -0.136. The number of rotatable bonds is 4. The Balaban J connectivity index is 1.99. The minimum atomic E-state index is -0.505. The summed E-state index contributed by atoms with van der Waals surface area (Å²) in [5, 5.41) is 13.6. The van der Waals surface area contributed by atoms with Crippen molar-refractivity contribution in [3.63, 3.8) is 0 Å². The molecule has 5 heteroatoms. The van der Waals surface area contributed by atoms with Crippen LogP contribution in [0, 0.1) is 0 Å². The van der Waals surface area contributed by atoms with Crippen molar-refractivity contribution in [2.45, 2.75) is 6.92 Å². The average Bonchev–Trinajstić information content (AvgIpc) is 2.93. The van der Waals surface area contributed by atoms with E-state index in [-0.39, 0.29) is 5.75 Å². The van der Waals surface area contributed by atoms with E-state index < -0.39 is 5.97 Å². The predicted molar refractivity (Wildman–Crippen MR) is 86.3 cm³/mol. The van der Waals surface area contributed by atoms with Gasteiger partial charge in [0.05, 0.1) is 12.2 Å². The normalized spacial score (nSPS) is 15.4. The molecule has 23 heavy (non-hydrogen) atoms. The topological polar surface area (TPSA) is 68.1 Å². The first-order chi connectivity index (χ1) is 11.2. The Morgan fingerprint density at radius 1 is 1.22 bits per heavy atom. The summed E-state index contributed by atoms with van der Waals surface area (Å²) >= 11 is 0. The van der Waals surface area contributed by atoms with Gasteiger partial charge < -0.3 is 14.7 Å². The number of phenols is 1. The van der Waals surface area contributed by atoms with Crippen LogP contribution in [-0.4, -0.2) is 23.4 Å². The summed E-state index contributed by atoms with van der Waals surface area (Å²) in [6.45, 7) is 2.27. The molecule has 5 nitrogen and oxygen atoms in total. The standard InChI is InChI=1S/C18H15NO4/c1-2-22-16-11-12(8-9-15(16)20)10-14-17(19-23-18(14)21)13-6-4-3-5-7-13/h3-11,20H,2H2,1H3/b14-10+. The van der Waals surface area contributed by atoms with Crippen LogP contribution < -0.4 is 4.74 Å². The molecule has 2 aromatic rings. The molecule has 0 spiro atoms. The molecule has 0 fully saturated rings. The highest BCUT2D eigenvalue weighted by molar-refractivity contribution is 6.31. The van der Waals surface area contributed by atoms with Crippen LogP contribution >= 0.6 is 0 Å². The Kier molecular flexibility index (Phi) is 4.10. The Morgan fingerprint density at radius 2 is 2.00 bits per heavy atom. The first kappa shape index (κ1) is 14.8. The van der Waals surface area contributed by atoms with Gasteiger partial charge in [0.15, 0.2) is 11.5 Å². The van der Waals surface area contributed by atoms with Crippen LogP contribution in [0.5, 0.6) is 11.5 Å². The second-order valence-corrected chi connectivity index (χ2v) is 4.90. The van der Waals surface area contributed by atoms with Gasteiger partial charge in [-0.2, -0.15) is 0 Å². The molecule has 0 saturated carbocycles. The number of ether oxygens (including phenoxy) is 1. The third-order valence-electron chi connectivity index (χ3n) is 3.34. The Hall–Kier alpha value is -3.08. The van der Waals surface area contributed by atoms with Crippen LogP contribution in [0.25, 0.3) is 6.08 Å². The SMILES string of the molecule is CCOc1cc(/C=C2/C(=O)ON=C2c2ccccc2)ccc1O. The van der Waals surface area contributed by atoms with Gasteiger partial charge in [-0.15, -0.1) is 0 Å². The van der Waals surface area contributed by atoms with Crippen LogP contribution in [-0.2, 0) is 9.63 Å². The molecule has 0 bridgehead atoms. The second-order valence-electron chi connectivity index (χ2n) is 4.90. The van der Waals surface area contributed by atoms with E-state index in [2.05, 4.69) is 5.16 Å². The third kappa shape index (κ3) is 3.08. The van der Waals surface area contributed by atoms with Crippen molar-refractivity contribution in [3.8, 4) is 11.5 Å². The van der Waals surface area contributed by atoms with Crippen LogP contribution in [0.2, 0.25) is 0 Å². The highest BCUT2D eigenvalue weighted by Crippen LogP contribution is 2.29. The molecule has 1 aliphatic heterocycles. The summed E-state index contributed by atoms with van der Waals surface area (Å²) in [4.78, 5) is 16.8. The van der Waals surface area contributed by atoms with Gasteiger partial charge in [-0.3, -0.25) is 0 Å². The summed E-state index contributed by atoms with van der Waals surface area (Å²) < 4.78 is 5.35. The molecule has 0 aliphatic carbocycles. The van der Waals surface area contributed by atoms with E-state index in [1.54, 1.807) is 18.2 Å². The Labute approximate surface area is 133 Å². The fourth-order valence-electron chi connectivity index (χ4n) is 2.27. The zero-order chi connectivity index (χ0) is 16.2. The highest BCUT2D eigenvalue weighted by Gasteiger charge is 2.26. The van der Waals surface area contributed by atoms with E-state index in [0.29, 0.717) is 29.2 Å². The molecular weight excluding hydrogens is 294 g/mol. The molecule has 3 rings (SSSR count). The van der Waals surface area contributed by atoms with Gasteiger partial charge in [0.1, 0.15) is 5.71 Å². The zero-order valence-corrected chi connectivity index (χ0v) is 12.5. The minimum absolute atomic E-state index is 0.0555. The number of carbonyl (C=O) groups excluding carboxylic acids is 1. The number of phenolic OH excluding ortho intramolecular Hbond substituents is 1. The maximum Gasteiger partial charge on any atom is 0.368 e. The van der Waals surface area contributed by atoms with Crippen molar-refractivity contribution in [2.75, 3.05) is 6.61 Å². The fourth-order valence-corrected chi connectivity index (χ4v) is 2.27. The number of oxime groups is 1. The van der Waals surface area contributed by atoms with Gasteiger partial charge in [0, 0.05) is 5.56 Å². The van der Waals surface area contributed by atoms with Crippen molar-refractivity contribution in [2.24, 2.45) is 5.16 Å². The van der Waals surface area contributed by atoms with Crippen molar-refractivity contribution in [1.82, 2.24) is 0 Å². The summed E-state index contributed by atoms with van der Waals surface area (Å²) in [7, 11) is 0. The number of benzene rings is 2. The summed E-state index contributed by atoms with van der Waals surface area (Å²) in [5.41, 5.74) is 2.36. The number of nitrogens with zero attached hydrogens (tertiary/aromatic N) is 1. The Bertz CT molecular complexity index is 794. The lowest BCUT2D eigenvalue weighted by Crippen LogP contribution is -2.06. The van der Waals surface area contributed by atoms with Crippen molar-refractivity contribution < 1.29 is 19.5 Å². The van der Waals surface area contributed by atoms with E-state index in [9.17, 15) is 9.90 Å². The maximum absolute atomic E-state index is 12.0.